The second-order valence-corrected chi connectivity index (χ2v) is 6.57. The molecule has 1 heterocycles. The normalized spacial score (nSPS) is 10.6. The molecule has 0 unspecified atom stereocenters. The number of methoxy groups -OCH3 is 1. The molecular formula is C22H23N3O4. The minimum atomic E-state index is -0.563. The zero-order chi connectivity index (χ0) is 20.8. The number of H-pyrrole nitrogens is 1. The van der Waals surface area contributed by atoms with Gasteiger partial charge < -0.3 is 19.9 Å². The van der Waals surface area contributed by atoms with Crippen molar-refractivity contribution in [2.45, 2.75) is 13.3 Å². The van der Waals surface area contributed by atoms with Crippen LogP contribution < -0.4 is 10.2 Å². The lowest BCUT2D eigenvalue weighted by molar-refractivity contribution is -0.123. The Morgan fingerprint density at radius 2 is 1.79 bits per heavy atom. The van der Waals surface area contributed by atoms with Crippen LogP contribution in [-0.2, 0) is 20.7 Å². The molecule has 0 spiro atoms. The lowest BCUT2D eigenvalue weighted by Gasteiger charge is -2.22. The van der Waals surface area contributed by atoms with E-state index in [9.17, 15) is 14.4 Å². The number of esters is 1. The van der Waals surface area contributed by atoms with Crippen molar-refractivity contribution < 1.29 is 19.1 Å². The molecular weight excluding hydrogens is 370 g/mol. The third-order valence-electron chi connectivity index (χ3n) is 4.67. The maximum atomic E-state index is 12.4. The maximum absolute atomic E-state index is 12.4. The number of carbonyl (C=O) groups is 3. The highest BCUT2D eigenvalue weighted by Gasteiger charge is 2.21. The number of hydrogen-bond donors (Lipinski definition) is 2. The molecule has 150 valence electrons. The van der Waals surface area contributed by atoms with Crippen LogP contribution in [0.1, 0.15) is 22.8 Å². The number of ether oxygens (including phenoxy) is 1. The third kappa shape index (κ3) is 4.63. The molecule has 0 atom stereocenters. The summed E-state index contributed by atoms with van der Waals surface area (Å²) >= 11 is 0. The van der Waals surface area contributed by atoms with Crippen molar-refractivity contribution in [3.8, 4) is 0 Å². The Labute approximate surface area is 168 Å². The van der Waals surface area contributed by atoms with Gasteiger partial charge in [-0.25, -0.2) is 4.79 Å². The Bertz CT molecular complexity index is 1040. The summed E-state index contributed by atoms with van der Waals surface area (Å²) in [6, 6.07) is 14.5. The van der Waals surface area contributed by atoms with Crippen molar-refractivity contribution in [2.75, 3.05) is 25.1 Å². The fraction of sp³-hybridized carbons (Fsp3) is 0.227. The molecule has 7 nitrogen and oxygen atoms in total. The molecule has 0 saturated carbocycles. The first-order valence-electron chi connectivity index (χ1n) is 9.28. The third-order valence-corrected chi connectivity index (χ3v) is 4.67. The fourth-order valence-electron chi connectivity index (χ4n) is 3.23. The highest BCUT2D eigenvalue weighted by atomic mass is 16.5. The van der Waals surface area contributed by atoms with E-state index in [1.165, 1.54) is 18.9 Å². The molecule has 29 heavy (non-hydrogen) atoms. The first-order chi connectivity index (χ1) is 14.0. The van der Waals surface area contributed by atoms with Crippen LogP contribution in [0.5, 0.6) is 0 Å². The number of nitrogens with one attached hydrogen (secondary N) is 2. The van der Waals surface area contributed by atoms with Crippen molar-refractivity contribution in [1.29, 1.82) is 0 Å². The van der Waals surface area contributed by atoms with Crippen LogP contribution in [0.25, 0.3) is 10.9 Å². The van der Waals surface area contributed by atoms with E-state index in [2.05, 4.69) is 10.3 Å². The van der Waals surface area contributed by atoms with Crippen molar-refractivity contribution >= 4 is 34.4 Å². The van der Waals surface area contributed by atoms with E-state index in [0.29, 0.717) is 18.7 Å². The van der Waals surface area contributed by atoms with Gasteiger partial charge in [0.2, 0.25) is 11.8 Å². The largest absolute Gasteiger partial charge is 0.465 e. The van der Waals surface area contributed by atoms with Gasteiger partial charge in [0.15, 0.2) is 0 Å². The Balaban J connectivity index is 1.65. The summed E-state index contributed by atoms with van der Waals surface area (Å²) < 4.78 is 4.77. The number of hydrogen-bond acceptors (Lipinski definition) is 4. The van der Waals surface area contributed by atoms with Crippen LogP contribution in [0.4, 0.5) is 5.69 Å². The first kappa shape index (κ1) is 20.1. The summed E-state index contributed by atoms with van der Waals surface area (Å²) in [5.74, 6) is -1.21. The summed E-state index contributed by atoms with van der Waals surface area (Å²) in [7, 11) is 1.27. The van der Waals surface area contributed by atoms with Gasteiger partial charge in [0, 0.05) is 30.6 Å². The summed E-state index contributed by atoms with van der Waals surface area (Å²) in [5, 5.41) is 3.96. The van der Waals surface area contributed by atoms with E-state index in [1.807, 2.05) is 30.5 Å². The van der Waals surface area contributed by atoms with Crippen LogP contribution in [0, 0.1) is 0 Å². The van der Waals surface area contributed by atoms with E-state index in [-0.39, 0.29) is 23.9 Å². The summed E-state index contributed by atoms with van der Waals surface area (Å²) in [6.45, 7) is 1.61. The molecule has 3 aromatic rings. The highest BCUT2D eigenvalue weighted by Crippen LogP contribution is 2.21. The van der Waals surface area contributed by atoms with Crippen LogP contribution in [0.3, 0.4) is 0 Å². The van der Waals surface area contributed by atoms with E-state index in [0.717, 1.165) is 16.5 Å². The average molecular weight is 393 g/mol. The molecule has 7 heteroatoms. The van der Waals surface area contributed by atoms with Gasteiger partial charge >= 0.3 is 5.97 Å². The molecule has 2 aromatic carbocycles. The monoisotopic (exact) mass is 393 g/mol. The molecule has 1 aromatic heterocycles. The number of fused-ring (bicyclic) bond motifs is 1. The SMILES string of the molecule is COC(=O)c1ccccc1N(CC(=O)NCCc1c[nH]c2ccccc12)C(C)=O. The molecule has 0 saturated heterocycles. The highest BCUT2D eigenvalue weighted by molar-refractivity contribution is 6.04. The van der Waals surface area contributed by atoms with Crippen LogP contribution in [0.15, 0.2) is 54.7 Å². The Morgan fingerprint density at radius 1 is 1.07 bits per heavy atom. The predicted molar refractivity (Wildman–Crippen MR) is 111 cm³/mol. The zero-order valence-corrected chi connectivity index (χ0v) is 16.4. The smallest absolute Gasteiger partial charge is 0.339 e. The van der Waals surface area contributed by atoms with Gasteiger partial charge in [-0.1, -0.05) is 30.3 Å². The van der Waals surface area contributed by atoms with Crippen molar-refractivity contribution in [3.05, 3.63) is 65.9 Å². The molecule has 3 rings (SSSR count). The fourth-order valence-corrected chi connectivity index (χ4v) is 3.23. The number of benzene rings is 2. The number of rotatable bonds is 7. The topological polar surface area (TPSA) is 91.5 Å². The van der Waals surface area contributed by atoms with Gasteiger partial charge in [-0.2, -0.15) is 0 Å². The maximum Gasteiger partial charge on any atom is 0.339 e. The summed E-state index contributed by atoms with van der Waals surface area (Å²) in [4.78, 5) is 41.1. The molecule has 0 aliphatic carbocycles. The molecule has 0 bridgehead atoms. The van der Waals surface area contributed by atoms with Crippen LogP contribution in [0.2, 0.25) is 0 Å². The first-order valence-corrected chi connectivity index (χ1v) is 9.28. The van der Waals surface area contributed by atoms with Gasteiger partial charge in [0.05, 0.1) is 18.4 Å². The Kier molecular flexibility index (Phi) is 6.29. The lowest BCUT2D eigenvalue weighted by Crippen LogP contribution is -2.41. The number of amides is 2. The standard InChI is InChI=1S/C22H23N3O4/c1-15(26)25(20-10-6-4-8-18(20)22(28)29-2)14-21(27)23-12-11-16-13-24-19-9-5-3-7-17(16)19/h3-10,13,24H,11-12,14H2,1-2H3,(H,23,27). The minimum Gasteiger partial charge on any atom is -0.465 e. The van der Waals surface area contributed by atoms with Gasteiger partial charge in [0.1, 0.15) is 6.54 Å². The van der Waals surface area contributed by atoms with Crippen LogP contribution in [-0.4, -0.2) is 43.0 Å². The van der Waals surface area contributed by atoms with E-state index in [4.69, 9.17) is 4.74 Å². The van der Waals surface area contributed by atoms with E-state index < -0.39 is 5.97 Å². The Morgan fingerprint density at radius 3 is 2.55 bits per heavy atom. The molecule has 2 amide bonds. The lowest BCUT2D eigenvalue weighted by atomic mass is 10.1. The number of aromatic amines is 1. The number of carbonyl (C=O) groups excluding carboxylic acids is 3. The number of para-hydroxylation sites is 2. The number of anilines is 1. The van der Waals surface area contributed by atoms with Gasteiger partial charge in [-0.15, -0.1) is 0 Å². The molecule has 0 fully saturated rings. The molecule has 0 aliphatic heterocycles. The quantitative estimate of drug-likeness (QED) is 0.604. The van der Waals surface area contributed by atoms with Crippen molar-refractivity contribution in [3.63, 3.8) is 0 Å². The average Bonchev–Trinajstić information content (AvgIpc) is 3.14. The van der Waals surface area contributed by atoms with Crippen molar-refractivity contribution in [2.24, 2.45) is 0 Å². The van der Waals surface area contributed by atoms with Gasteiger partial charge in [0.25, 0.3) is 0 Å². The minimum absolute atomic E-state index is 0.183. The second-order valence-electron chi connectivity index (χ2n) is 6.57. The van der Waals surface area contributed by atoms with E-state index >= 15 is 0 Å². The second kappa shape index (κ2) is 9.05. The van der Waals surface area contributed by atoms with Crippen LogP contribution >= 0.6 is 0 Å². The van der Waals surface area contributed by atoms with Crippen molar-refractivity contribution in [1.82, 2.24) is 10.3 Å². The van der Waals surface area contributed by atoms with E-state index in [1.54, 1.807) is 24.3 Å². The Hall–Kier alpha value is -3.61. The summed E-state index contributed by atoms with van der Waals surface area (Å²) in [6.07, 6.45) is 2.60. The zero-order valence-electron chi connectivity index (χ0n) is 16.4. The number of aromatic nitrogens is 1. The van der Waals surface area contributed by atoms with Gasteiger partial charge in [-0.05, 0) is 30.2 Å². The summed E-state index contributed by atoms with van der Waals surface area (Å²) in [5.41, 5.74) is 2.74. The molecule has 0 aliphatic rings. The predicted octanol–water partition coefficient (Wildman–Crippen LogP) is 2.67. The van der Waals surface area contributed by atoms with Gasteiger partial charge in [-0.3, -0.25) is 9.59 Å². The molecule has 2 N–H and O–H groups in total. The number of nitrogens with zero attached hydrogens (tertiary/aromatic N) is 1. The molecule has 0 radical (unpaired) electrons.